The molecule has 1 N–H and O–H groups in total. The van der Waals surface area contributed by atoms with Gasteiger partial charge in [-0.15, -0.1) is 0 Å². The Labute approximate surface area is 60.0 Å². The molecule has 1 aliphatic carbocycles. The van der Waals surface area contributed by atoms with Gasteiger partial charge in [0.1, 0.15) is 0 Å². The second kappa shape index (κ2) is 3.01. The third-order valence-electron chi connectivity index (χ3n) is 2.07. The predicted molar refractivity (Wildman–Crippen MR) is 35.8 cm³/mol. The lowest BCUT2D eigenvalue weighted by Gasteiger charge is -2.12. The SMILES string of the molecule is CO[C@H]1CCC[C@@H]1C(=O)O. The summed E-state index contributed by atoms with van der Waals surface area (Å²) >= 11 is 0. The zero-order chi connectivity index (χ0) is 7.56. The molecule has 0 radical (unpaired) electrons. The van der Waals surface area contributed by atoms with Crippen LogP contribution in [0.3, 0.4) is 0 Å². The summed E-state index contributed by atoms with van der Waals surface area (Å²) in [6.07, 6.45) is 2.61. The molecular formula is C7H12O3. The van der Waals surface area contributed by atoms with Crippen LogP contribution in [0.15, 0.2) is 0 Å². The Balaban J connectivity index is 2.50. The minimum atomic E-state index is -0.718. The van der Waals surface area contributed by atoms with Crippen molar-refractivity contribution in [3.05, 3.63) is 0 Å². The van der Waals surface area contributed by atoms with Gasteiger partial charge in [-0.05, 0) is 19.3 Å². The molecule has 0 unspecified atom stereocenters. The van der Waals surface area contributed by atoms with Crippen LogP contribution in [-0.4, -0.2) is 24.3 Å². The quantitative estimate of drug-likeness (QED) is 0.626. The van der Waals surface area contributed by atoms with Crippen LogP contribution in [0, 0.1) is 5.92 Å². The molecule has 0 spiro atoms. The Kier molecular flexibility index (Phi) is 2.27. The van der Waals surface area contributed by atoms with E-state index in [0.717, 1.165) is 19.3 Å². The molecule has 0 aromatic carbocycles. The Morgan fingerprint density at radius 1 is 1.60 bits per heavy atom. The molecule has 0 heterocycles. The van der Waals surface area contributed by atoms with Gasteiger partial charge in [0.2, 0.25) is 0 Å². The molecule has 3 heteroatoms. The van der Waals surface area contributed by atoms with E-state index in [0.29, 0.717) is 0 Å². The largest absolute Gasteiger partial charge is 0.481 e. The zero-order valence-electron chi connectivity index (χ0n) is 6.04. The van der Waals surface area contributed by atoms with E-state index in [1.807, 2.05) is 0 Å². The van der Waals surface area contributed by atoms with Crippen LogP contribution in [0.2, 0.25) is 0 Å². The maximum absolute atomic E-state index is 10.5. The molecule has 0 aromatic rings. The molecule has 0 amide bonds. The highest BCUT2D eigenvalue weighted by Gasteiger charge is 2.32. The van der Waals surface area contributed by atoms with Crippen LogP contribution in [0.4, 0.5) is 0 Å². The predicted octanol–water partition coefficient (Wildman–Crippen LogP) is 0.886. The van der Waals surface area contributed by atoms with E-state index in [2.05, 4.69) is 0 Å². The topological polar surface area (TPSA) is 46.5 Å². The fourth-order valence-corrected chi connectivity index (χ4v) is 1.49. The molecule has 10 heavy (non-hydrogen) atoms. The van der Waals surface area contributed by atoms with Gasteiger partial charge < -0.3 is 9.84 Å². The number of carboxylic acid groups (broad SMARTS) is 1. The third kappa shape index (κ3) is 1.29. The van der Waals surface area contributed by atoms with Crippen LogP contribution >= 0.6 is 0 Å². The van der Waals surface area contributed by atoms with Crippen LogP contribution in [0.25, 0.3) is 0 Å². The Bertz CT molecular complexity index is 133. The molecular weight excluding hydrogens is 132 g/mol. The summed E-state index contributed by atoms with van der Waals surface area (Å²) in [6.45, 7) is 0. The first kappa shape index (κ1) is 7.54. The van der Waals surface area contributed by atoms with E-state index < -0.39 is 5.97 Å². The highest BCUT2D eigenvalue weighted by Crippen LogP contribution is 2.27. The lowest BCUT2D eigenvalue weighted by molar-refractivity contribution is -0.145. The Hall–Kier alpha value is -0.570. The first-order valence-electron chi connectivity index (χ1n) is 3.51. The van der Waals surface area contributed by atoms with Crippen molar-refractivity contribution in [2.24, 2.45) is 5.92 Å². The number of rotatable bonds is 2. The number of ether oxygens (including phenoxy) is 1. The van der Waals surface area contributed by atoms with Gasteiger partial charge in [0.25, 0.3) is 0 Å². The highest BCUT2D eigenvalue weighted by atomic mass is 16.5. The molecule has 2 atom stereocenters. The second-order valence-corrected chi connectivity index (χ2v) is 2.65. The molecule has 1 fully saturated rings. The number of hydrogen-bond acceptors (Lipinski definition) is 2. The van der Waals surface area contributed by atoms with Crippen molar-refractivity contribution < 1.29 is 14.6 Å². The van der Waals surface area contributed by atoms with E-state index in [4.69, 9.17) is 9.84 Å². The van der Waals surface area contributed by atoms with Crippen molar-refractivity contribution in [2.75, 3.05) is 7.11 Å². The minimum absolute atomic E-state index is 0.0440. The molecule has 58 valence electrons. The van der Waals surface area contributed by atoms with Crippen molar-refractivity contribution >= 4 is 5.97 Å². The van der Waals surface area contributed by atoms with Gasteiger partial charge in [-0.25, -0.2) is 0 Å². The lowest BCUT2D eigenvalue weighted by atomic mass is 10.1. The van der Waals surface area contributed by atoms with Crippen molar-refractivity contribution in [3.63, 3.8) is 0 Å². The Morgan fingerprint density at radius 3 is 2.70 bits per heavy atom. The summed E-state index contributed by atoms with van der Waals surface area (Å²) in [4.78, 5) is 10.5. The summed E-state index contributed by atoms with van der Waals surface area (Å²) in [5.41, 5.74) is 0. The highest BCUT2D eigenvalue weighted by molar-refractivity contribution is 5.71. The number of methoxy groups -OCH3 is 1. The summed E-state index contributed by atoms with van der Waals surface area (Å²) in [6, 6.07) is 0. The van der Waals surface area contributed by atoms with E-state index in [9.17, 15) is 4.79 Å². The van der Waals surface area contributed by atoms with Crippen molar-refractivity contribution in [2.45, 2.75) is 25.4 Å². The number of aliphatic carboxylic acids is 1. The average molecular weight is 144 g/mol. The van der Waals surface area contributed by atoms with Gasteiger partial charge in [-0.3, -0.25) is 4.79 Å². The van der Waals surface area contributed by atoms with Crippen molar-refractivity contribution in [1.29, 1.82) is 0 Å². The molecule has 3 nitrogen and oxygen atoms in total. The van der Waals surface area contributed by atoms with Gasteiger partial charge in [0, 0.05) is 7.11 Å². The van der Waals surface area contributed by atoms with Crippen molar-refractivity contribution in [3.8, 4) is 0 Å². The lowest BCUT2D eigenvalue weighted by Crippen LogP contribution is -2.24. The second-order valence-electron chi connectivity index (χ2n) is 2.65. The maximum Gasteiger partial charge on any atom is 0.309 e. The normalized spacial score (nSPS) is 32.5. The van der Waals surface area contributed by atoms with Crippen LogP contribution < -0.4 is 0 Å². The minimum Gasteiger partial charge on any atom is -0.481 e. The maximum atomic E-state index is 10.5. The first-order valence-corrected chi connectivity index (χ1v) is 3.51. The average Bonchev–Trinajstić information content (AvgIpc) is 2.33. The fourth-order valence-electron chi connectivity index (χ4n) is 1.49. The number of hydrogen-bond donors (Lipinski definition) is 1. The van der Waals surface area contributed by atoms with E-state index in [1.165, 1.54) is 0 Å². The van der Waals surface area contributed by atoms with Gasteiger partial charge in [0.15, 0.2) is 0 Å². The molecule has 0 bridgehead atoms. The van der Waals surface area contributed by atoms with Gasteiger partial charge in [0.05, 0.1) is 12.0 Å². The third-order valence-corrected chi connectivity index (χ3v) is 2.07. The van der Waals surface area contributed by atoms with Crippen LogP contribution in [-0.2, 0) is 9.53 Å². The van der Waals surface area contributed by atoms with E-state index in [-0.39, 0.29) is 12.0 Å². The summed E-state index contributed by atoms with van der Waals surface area (Å²) in [7, 11) is 1.58. The standard InChI is InChI=1S/C7H12O3/c1-10-6-4-2-3-5(6)7(8)9/h5-6H,2-4H2,1H3,(H,8,9)/t5-,6-/m0/s1. The van der Waals surface area contributed by atoms with E-state index in [1.54, 1.807) is 7.11 Å². The summed E-state index contributed by atoms with van der Waals surface area (Å²) < 4.78 is 5.00. The fraction of sp³-hybridized carbons (Fsp3) is 0.857. The molecule has 1 saturated carbocycles. The summed E-state index contributed by atoms with van der Waals surface area (Å²) in [5, 5.41) is 8.63. The molecule has 0 aromatic heterocycles. The van der Waals surface area contributed by atoms with Crippen LogP contribution in [0.5, 0.6) is 0 Å². The smallest absolute Gasteiger partial charge is 0.309 e. The van der Waals surface area contributed by atoms with Gasteiger partial charge >= 0.3 is 5.97 Å². The molecule has 0 aliphatic heterocycles. The number of carboxylic acids is 1. The number of carbonyl (C=O) groups is 1. The Morgan fingerprint density at radius 2 is 2.30 bits per heavy atom. The monoisotopic (exact) mass is 144 g/mol. The van der Waals surface area contributed by atoms with Gasteiger partial charge in [-0.2, -0.15) is 0 Å². The molecule has 0 saturated heterocycles. The van der Waals surface area contributed by atoms with Crippen LogP contribution in [0.1, 0.15) is 19.3 Å². The molecule has 1 aliphatic rings. The van der Waals surface area contributed by atoms with E-state index >= 15 is 0 Å². The van der Waals surface area contributed by atoms with Gasteiger partial charge in [-0.1, -0.05) is 0 Å². The van der Waals surface area contributed by atoms with Crippen molar-refractivity contribution in [1.82, 2.24) is 0 Å². The zero-order valence-corrected chi connectivity index (χ0v) is 6.04. The summed E-state index contributed by atoms with van der Waals surface area (Å²) in [5.74, 6) is -0.977. The first-order chi connectivity index (χ1) is 4.75. The molecule has 1 rings (SSSR count).